The van der Waals surface area contributed by atoms with Gasteiger partial charge in [-0.2, -0.15) is 0 Å². The molecule has 8 nitrogen and oxygen atoms in total. The van der Waals surface area contributed by atoms with Crippen LogP contribution in [-0.4, -0.2) is 65.8 Å². The molecule has 40 heavy (non-hydrogen) atoms. The summed E-state index contributed by atoms with van der Waals surface area (Å²) < 4.78 is 10.6. The number of methoxy groups -OCH3 is 2. The summed E-state index contributed by atoms with van der Waals surface area (Å²) in [5.74, 6) is 1.76. The van der Waals surface area contributed by atoms with Crippen LogP contribution in [0.3, 0.4) is 0 Å². The maximum atomic E-state index is 12.5. The molecule has 0 aliphatic carbocycles. The number of benzene rings is 2. The predicted octanol–water partition coefficient (Wildman–Crippen LogP) is 5.55. The average Bonchev–Trinajstić information content (AvgIpc) is 3.36. The number of carbonyl (C=O) groups is 2. The molecule has 0 bridgehead atoms. The van der Waals surface area contributed by atoms with E-state index in [1.807, 2.05) is 35.2 Å². The van der Waals surface area contributed by atoms with Crippen molar-refractivity contribution in [2.24, 2.45) is 5.92 Å². The molecular weight excluding hydrogens is 571 g/mol. The standard InChI is InChI=1S/C29H32Cl2N4O4S/c1-18(36)35-16-20(10-19-4-6-24(30)25(31)12-19)11-23(35)8-9-32-28(37)17-40-29-33-14-22(15-34-29)21-5-7-26(38-2)27(13-21)39-3/h4-7,12-15,20,23H,8-11,16-17H2,1-3H3,(H,32,37). The Kier molecular flexibility index (Phi) is 10.5. The summed E-state index contributed by atoms with van der Waals surface area (Å²) in [4.78, 5) is 35.4. The number of hydrogen-bond acceptors (Lipinski definition) is 7. The number of hydrogen-bond donors (Lipinski definition) is 1. The number of thioether (sulfide) groups is 1. The summed E-state index contributed by atoms with van der Waals surface area (Å²) in [5.41, 5.74) is 2.84. The van der Waals surface area contributed by atoms with Gasteiger partial charge in [0.25, 0.3) is 0 Å². The molecule has 4 rings (SSSR count). The second kappa shape index (κ2) is 14.1. The minimum atomic E-state index is -0.0997. The van der Waals surface area contributed by atoms with Gasteiger partial charge in [-0.05, 0) is 60.6 Å². The lowest BCUT2D eigenvalue weighted by molar-refractivity contribution is -0.129. The molecule has 212 valence electrons. The third-order valence-electron chi connectivity index (χ3n) is 6.89. The first-order valence-corrected chi connectivity index (χ1v) is 14.7. The van der Waals surface area contributed by atoms with E-state index in [1.165, 1.54) is 11.8 Å². The van der Waals surface area contributed by atoms with E-state index < -0.39 is 0 Å². The van der Waals surface area contributed by atoms with E-state index >= 15 is 0 Å². The van der Waals surface area contributed by atoms with E-state index in [0.717, 1.165) is 29.5 Å². The number of halogens is 2. The molecule has 1 fully saturated rings. The number of carbonyl (C=O) groups excluding carboxylic acids is 2. The van der Waals surface area contributed by atoms with Gasteiger partial charge in [0.05, 0.1) is 30.0 Å². The fourth-order valence-corrected chi connectivity index (χ4v) is 5.87. The Bertz CT molecular complexity index is 1340. The molecule has 2 unspecified atom stereocenters. The number of nitrogens with one attached hydrogen (secondary N) is 1. The van der Waals surface area contributed by atoms with E-state index in [4.69, 9.17) is 32.7 Å². The van der Waals surface area contributed by atoms with Crippen molar-refractivity contribution in [1.82, 2.24) is 20.2 Å². The van der Waals surface area contributed by atoms with Gasteiger partial charge in [-0.3, -0.25) is 9.59 Å². The Balaban J connectivity index is 1.23. The van der Waals surface area contributed by atoms with Crippen LogP contribution in [0.25, 0.3) is 11.1 Å². The van der Waals surface area contributed by atoms with Crippen molar-refractivity contribution >= 4 is 46.8 Å². The van der Waals surface area contributed by atoms with Gasteiger partial charge in [-0.1, -0.05) is 47.1 Å². The SMILES string of the molecule is COc1ccc(-c2cnc(SCC(=O)NCCC3CC(Cc4ccc(Cl)c(Cl)c4)CN3C(C)=O)nc2)cc1OC. The zero-order valence-electron chi connectivity index (χ0n) is 22.7. The van der Waals surface area contributed by atoms with Crippen molar-refractivity contribution in [3.05, 3.63) is 64.4 Å². The van der Waals surface area contributed by atoms with Crippen LogP contribution >= 0.6 is 35.0 Å². The average molecular weight is 604 g/mol. The van der Waals surface area contributed by atoms with E-state index in [9.17, 15) is 9.59 Å². The van der Waals surface area contributed by atoms with Crippen LogP contribution in [0.2, 0.25) is 10.0 Å². The molecule has 2 amide bonds. The highest BCUT2D eigenvalue weighted by Gasteiger charge is 2.33. The Hall–Kier alpha value is -3.01. The second-order valence-electron chi connectivity index (χ2n) is 9.63. The third kappa shape index (κ3) is 7.80. The van der Waals surface area contributed by atoms with E-state index in [-0.39, 0.29) is 23.6 Å². The fourth-order valence-electron chi connectivity index (χ4n) is 4.94. The molecule has 1 aromatic heterocycles. The Labute approximate surface area is 248 Å². The van der Waals surface area contributed by atoms with Crippen molar-refractivity contribution < 1.29 is 19.1 Å². The van der Waals surface area contributed by atoms with Crippen LogP contribution in [-0.2, 0) is 16.0 Å². The topological polar surface area (TPSA) is 93.7 Å². The summed E-state index contributed by atoms with van der Waals surface area (Å²) in [6.07, 6.45) is 5.85. The zero-order chi connectivity index (χ0) is 28.6. The summed E-state index contributed by atoms with van der Waals surface area (Å²) in [5, 5.41) is 4.56. The lowest BCUT2D eigenvalue weighted by atomic mass is 9.96. The van der Waals surface area contributed by atoms with Gasteiger partial charge in [0, 0.05) is 44.0 Å². The van der Waals surface area contributed by atoms with E-state index in [1.54, 1.807) is 39.6 Å². The van der Waals surface area contributed by atoms with Gasteiger partial charge in [-0.15, -0.1) is 0 Å². The predicted molar refractivity (Wildman–Crippen MR) is 158 cm³/mol. The lowest BCUT2D eigenvalue weighted by Gasteiger charge is -2.23. The van der Waals surface area contributed by atoms with Crippen LogP contribution < -0.4 is 14.8 Å². The molecule has 0 spiro atoms. The van der Waals surface area contributed by atoms with Crippen LogP contribution in [0.5, 0.6) is 11.5 Å². The quantitative estimate of drug-likeness (QED) is 0.227. The minimum absolute atomic E-state index is 0.0530. The first-order chi connectivity index (χ1) is 19.3. The van der Waals surface area contributed by atoms with Gasteiger partial charge in [0.1, 0.15) is 0 Å². The number of ether oxygens (including phenoxy) is 2. The molecule has 1 N–H and O–H groups in total. The number of likely N-dealkylation sites (tertiary alicyclic amines) is 1. The second-order valence-corrected chi connectivity index (χ2v) is 11.4. The smallest absolute Gasteiger partial charge is 0.230 e. The molecule has 2 heterocycles. The van der Waals surface area contributed by atoms with E-state index in [0.29, 0.717) is 52.1 Å². The van der Waals surface area contributed by atoms with Crippen LogP contribution in [0, 0.1) is 5.92 Å². The molecule has 2 aromatic carbocycles. The maximum absolute atomic E-state index is 12.5. The first-order valence-electron chi connectivity index (χ1n) is 12.9. The van der Waals surface area contributed by atoms with Crippen molar-refractivity contribution in [3.63, 3.8) is 0 Å². The molecule has 1 saturated heterocycles. The highest BCUT2D eigenvalue weighted by atomic mass is 35.5. The molecule has 1 aliphatic rings. The largest absolute Gasteiger partial charge is 0.493 e. The maximum Gasteiger partial charge on any atom is 0.230 e. The van der Waals surface area contributed by atoms with Gasteiger partial charge in [-0.25, -0.2) is 9.97 Å². The highest BCUT2D eigenvalue weighted by molar-refractivity contribution is 7.99. The number of nitrogens with zero attached hydrogens (tertiary/aromatic N) is 3. The Morgan fingerprint density at radius 2 is 1.77 bits per heavy atom. The molecular formula is C29H32Cl2N4O4S. The fraction of sp³-hybridized carbons (Fsp3) is 0.379. The van der Waals surface area contributed by atoms with Crippen LogP contribution in [0.4, 0.5) is 0 Å². The van der Waals surface area contributed by atoms with Crippen molar-refractivity contribution in [1.29, 1.82) is 0 Å². The monoisotopic (exact) mass is 602 g/mol. The Morgan fingerprint density at radius 1 is 1.02 bits per heavy atom. The highest BCUT2D eigenvalue weighted by Crippen LogP contribution is 2.32. The van der Waals surface area contributed by atoms with Crippen molar-refractivity contribution in [2.75, 3.05) is 33.1 Å². The van der Waals surface area contributed by atoms with Gasteiger partial charge in [0.2, 0.25) is 11.8 Å². The van der Waals surface area contributed by atoms with Crippen molar-refractivity contribution in [3.8, 4) is 22.6 Å². The molecule has 11 heteroatoms. The zero-order valence-corrected chi connectivity index (χ0v) is 25.0. The molecule has 0 radical (unpaired) electrons. The van der Waals surface area contributed by atoms with Gasteiger partial charge in [0.15, 0.2) is 16.7 Å². The lowest BCUT2D eigenvalue weighted by Crippen LogP contribution is -2.37. The summed E-state index contributed by atoms with van der Waals surface area (Å²) in [6, 6.07) is 11.4. The first kappa shape index (κ1) is 30.0. The summed E-state index contributed by atoms with van der Waals surface area (Å²) in [7, 11) is 3.18. The molecule has 3 aromatic rings. The normalized spacial score (nSPS) is 16.6. The number of aromatic nitrogens is 2. The number of rotatable bonds is 11. The third-order valence-corrected chi connectivity index (χ3v) is 8.51. The molecule has 0 saturated carbocycles. The van der Waals surface area contributed by atoms with Gasteiger partial charge < -0.3 is 19.7 Å². The van der Waals surface area contributed by atoms with Crippen LogP contribution in [0.1, 0.15) is 25.3 Å². The van der Waals surface area contributed by atoms with E-state index in [2.05, 4.69) is 15.3 Å². The number of amides is 2. The van der Waals surface area contributed by atoms with Crippen LogP contribution in [0.15, 0.2) is 53.9 Å². The summed E-state index contributed by atoms with van der Waals surface area (Å²) in [6.45, 7) is 2.79. The minimum Gasteiger partial charge on any atom is -0.493 e. The van der Waals surface area contributed by atoms with Crippen molar-refractivity contribution in [2.45, 2.75) is 37.4 Å². The molecule has 1 aliphatic heterocycles. The van der Waals surface area contributed by atoms with Gasteiger partial charge >= 0.3 is 0 Å². The Morgan fingerprint density at radius 3 is 2.45 bits per heavy atom. The molecule has 2 atom stereocenters. The summed E-state index contributed by atoms with van der Waals surface area (Å²) >= 11 is 13.5.